The molecule has 0 amide bonds. The Bertz CT molecular complexity index is 545. The number of nitrogens with one attached hydrogen (secondary N) is 1. The van der Waals surface area contributed by atoms with Gasteiger partial charge in [0.05, 0.1) is 5.69 Å². The highest BCUT2D eigenvalue weighted by Crippen LogP contribution is 2.24. The smallest absolute Gasteiger partial charge is 0.226 e. The summed E-state index contributed by atoms with van der Waals surface area (Å²) in [6.45, 7) is 1.07. The molecule has 0 atom stereocenters. The van der Waals surface area contributed by atoms with Crippen molar-refractivity contribution < 1.29 is 9.52 Å². The van der Waals surface area contributed by atoms with Gasteiger partial charge in [0.15, 0.2) is 0 Å². The molecule has 0 aliphatic heterocycles. The number of oxazole rings is 1. The van der Waals surface area contributed by atoms with Crippen LogP contribution in [0.2, 0.25) is 0 Å². The zero-order chi connectivity index (χ0) is 14.5. The molecule has 1 aromatic heterocycles. The van der Waals surface area contributed by atoms with Gasteiger partial charge in [0.25, 0.3) is 0 Å². The number of hydrogen-bond acceptors (Lipinski definition) is 4. The number of aliphatic hydroxyl groups is 1. The molecular weight excluding hydrogens is 264 g/mol. The van der Waals surface area contributed by atoms with E-state index >= 15 is 0 Å². The molecule has 0 spiro atoms. The highest BCUT2D eigenvalue weighted by atomic mass is 16.3. The minimum atomic E-state index is 0.330. The van der Waals surface area contributed by atoms with Gasteiger partial charge in [-0.1, -0.05) is 18.2 Å². The number of benzene rings is 1. The lowest BCUT2D eigenvalue weighted by Gasteiger charge is -2.27. The molecule has 4 heteroatoms. The molecule has 112 valence electrons. The predicted octanol–water partition coefficient (Wildman–Crippen LogP) is 2.98. The zero-order valence-electron chi connectivity index (χ0n) is 12.2. The molecule has 1 heterocycles. The molecule has 1 aromatic carbocycles. The van der Waals surface area contributed by atoms with Crippen LogP contribution in [0.1, 0.15) is 31.4 Å². The summed E-state index contributed by atoms with van der Waals surface area (Å²) in [5.41, 5.74) is 1.95. The van der Waals surface area contributed by atoms with E-state index in [2.05, 4.69) is 10.3 Å². The van der Waals surface area contributed by atoms with Crippen LogP contribution in [0.4, 0.5) is 0 Å². The van der Waals surface area contributed by atoms with E-state index in [1.807, 2.05) is 30.3 Å². The van der Waals surface area contributed by atoms with Gasteiger partial charge in [0, 0.05) is 24.8 Å². The average Bonchev–Trinajstić information content (AvgIpc) is 3.03. The van der Waals surface area contributed by atoms with Gasteiger partial charge in [-0.2, -0.15) is 0 Å². The fourth-order valence-corrected chi connectivity index (χ4v) is 2.90. The van der Waals surface area contributed by atoms with Crippen LogP contribution in [0, 0.1) is 5.92 Å². The standard InChI is InChI=1S/C17H22N2O2/c20-11-13-6-8-15(9-7-13)18-10-16-12-21-17(19-16)14-4-2-1-3-5-14/h1-5,12-13,15,18,20H,6-11H2. The van der Waals surface area contributed by atoms with E-state index in [0.29, 0.717) is 24.5 Å². The molecule has 0 bridgehead atoms. The van der Waals surface area contributed by atoms with Crippen molar-refractivity contribution in [2.75, 3.05) is 6.61 Å². The number of nitrogens with zero attached hydrogens (tertiary/aromatic N) is 1. The maximum atomic E-state index is 9.15. The van der Waals surface area contributed by atoms with E-state index < -0.39 is 0 Å². The van der Waals surface area contributed by atoms with E-state index in [-0.39, 0.29) is 0 Å². The maximum absolute atomic E-state index is 9.15. The monoisotopic (exact) mass is 286 g/mol. The third-order valence-electron chi connectivity index (χ3n) is 4.25. The highest BCUT2D eigenvalue weighted by molar-refractivity contribution is 5.52. The Labute approximate surface area is 125 Å². The minimum Gasteiger partial charge on any atom is -0.444 e. The lowest BCUT2D eigenvalue weighted by Crippen LogP contribution is -2.33. The first-order valence-corrected chi connectivity index (χ1v) is 7.69. The molecule has 1 saturated carbocycles. The second kappa shape index (κ2) is 6.87. The van der Waals surface area contributed by atoms with E-state index in [1.165, 1.54) is 0 Å². The van der Waals surface area contributed by atoms with Crippen molar-refractivity contribution in [3.63, 3.8) is 0 Å². The molecule has 1 aliphatic carbocycles. The van der Waals surface area contributed by atoms with Crippen molar-refractivity contribution in [3.8, 4) is 11.5 Å². The Balaban J connectivity index is 1.52. The third kappa shape index (κ3) is 3.71. The van der Waals surface area contributed by atoms with Crippen LogP contribution in [0.15, 0.2) is 41.0 Å². The molecule has 21 heavy (non-hydrogen) atoms. The zero-order valence-corrected chi connectivity index (χ0v) is 12.2. The first kappa shape index (κ1) is 14.3. The summed E-state index contributed by atoms with van der Waals surface area (Å²) in [5, 5.41) is 12.7. The van der Waals surface area contributed by atoms with Crippen LogP contribution in [-0.2, 0) is 6.54 Å². The summed E-state index contributed by atoms with van der Waals surface area (Å²) in [4.78, 5) is 4.53. The van der Waals surface area contributed by atoms with Crippen molar-refractivity contribution >= 4 is 0 Å². The first-order chi connectivity index (χ1) is 10.3. The molecule has 2 aromatic rings. The summed E-state index contributed by atoms with van der Waals surface area (Å²) < 4.78 is 5.54. The average molecular weight is 286 g/mol. The van der Waals surface area contributed by atoms with Gasteiger partial charge < -0.3 is 14.8 Å². The van der Waals surface area contributed by atoms with E-state index in [1.54, 1.807) is 6.26 Å². The molecule has 2 N–H and O–H groups in total. The van der Waals surface area contributed by atoms with Gasteiger partial charge in [-0.3, -0.25) is 0 Å². The number of aliphatic hydroxyl groups excluding tert-OH is 1. The summed E-state index contributed by atoms with van der Waals surface area (Å²) >= 11 is 0. The molecular formula is C17H22N2O2. The summed E-state index contributed by atoms with van der Waals surface area (Å²) in [7, 11) is 0. The molecule has 1 fully saturated rings. The molecule has 3 rings (SSSR count). The number of rotatable bonds is 5. The van der Waals surface area contributed by atoms with Crippen LogP contribution < -0.4 is 5.32 Å². The molecule has 0 saturated heterocycles. The fourth-order valence-electron chi connectivity index (χ4n) is 2.90. The topological polar surface area (TPSA) is 58.3 Å². The number of aromatic nitrogens is 1. The second-order valence-electron chi connectivity index (χ2n) is 5.79. The Morgan fingerprint density at radius 3 is 2.62 bits per heavy atom. The maximum Gasteiger partial charge on any atom is 0.226 e. The lowest BCUT2D eigenvalue weighted by molar-refractivity contribution is 0.175. The molecule has 0 unspecified atom stereocenters. The highest BCUT2D eigenvalue weighted by Gasteiger charge is 2.20. The largest absolute Gasteiger partial charge is 0.444 e. The van der Waals surface area contributed by atoms with Gasteiger partial charge in [-0.15, -0.1) is 0 Å². The minimum absolute atomic E-state index is 0.330. The predicted molar refractivity (Wildman–Crippen MR) is 81.6 cm³/mol. The van der Waals surface area contributed by atoms with Crippen molar-refractivity contribution in [2.24, 2.45) is 5.92 Å². The van der Waals surface area contributed by atoms with Crippen LogP contribution >= 0.6 is 0 Å². The van der Waals surface area contributed by atoms with Crippen molar-refractivity contribution in [1.82, 2.24) is 10.3 Å². The Kier molecular flexibility index (Phi) is 4.68. The SMILES string of the molecule is OCC1CCC(NCc2coc(-c3ccccc3)n2)CC1. The summed E-state index contributed by atoms with van der Waals surface area (Å²) in [6.07, 6.45) is 6.22. The van der Waals surface area contributed by atoms with Gasteiger partial charge in [-0.05, 0) is 43.7 Å². The van der Waals surface area contributed by atoms with E-state index in [9.17, 15) is 0 Å². The fraction of sp³-hybridized carbons (Fsp3) is 0.471. The molecule has 0 radical (unpaired) electrons. The van der Waals surface area contributed by atoms with Gasteiger partial charge in [0.2, 0.25) is 5.89 Å². The molecule has 1 aliphatic rings. The van der Waals surface area contributed by atoms with E-state index in [0.717, 1.165) is 43.5 Å². The van der Waals surface area contributed by atoms with Crippen molar-refractivity contribution in [1.29, 1.82) is 0 Å². The van der Waals surface area contributed by atoms with E-state index in [4.69, 9.17) is 9.52 Å². The van der Waals surface area contributed by atoms with Crippen molar-refractivity contribution in [3.05, 3.63) is 42.3 Å². The second-order valence-corrected chi connectivity index (χ2v) is 5.79. The van der Waals surface area contributed by atoms with Crippen LogP contribution in [-0.4, -0.2) is 22.7 Å². The Hall–Kier alpha value is -1.65. The summed E-state index contributed by atoms with van der Waals surface area (Å²) in [5.74, 6) is 1.18. The normalized spacial score (nSPS) is 22.3. The van der Waals surface area contributed by atoms with Crippen LogP contribution in [0.25, 0.3) is 11.5 Å². The molecule has 4 nitrogen and oxygen atoms in total. The Morgan fingerprint density at radius 2 is 1.90 bits per heavy atom. The summed E-state index contributed by atoms with van der Waals surface area (Å²) in [6, 6.07) is 10.5. The van der Waals surface area contributed by atoms with Gasteiger partial charge in [-0.25, -0.2) is 4.98 Å². The van der Waals surface area contributed by atoms with Gasteiger partial charge in [0.1, 0.15) is 6.26 Å². The quantitative estimate of drug-likeness (QED) is 0.887. The first-order valence-electron chi connectivity index (χ1n) is 7.69. The van der Waals surface area contributed by atoms with Crippen LogP contribution in [0.3, 0.4) is 0 Å². The number of hydrogen-bond donors (Lipinski definition) is 2. The lowest BCUT2D eigenvalue weighted by atomic mass is 9.86. The van der Waals surface area contributed by atoms with Gasteiger partial charge >= 0.3 is 0 Å². The van der Waals surface area contributed by atoms with Crippen LogP contribution in [0.5, 0.6) is 0 Å². The third-order valence-corrected chi connectivity index (χ3v) is 4.25. The Morgan fingerprint density at radius 1 is 1.14 bits per heavy atom. The van der Waals surface area contributed by atoms with Crippen molar-refractivity contribution in [2.45, 2.75) is 38.3 Å².